The molecule has 0 radical (unpaired) electrons. The summed E-state index contributed by atoms with van der Waals surface area (Å²) in [7, 11) is -3.97. The predicted molar refractivity (Wildman–Crippen MR) is 132 cm³/mol. The molecule has 0 aliphatic rings. The van der Waals surface area contributed by atoms with Gasteiger partial charge in [0.25, 0.3) is 0 Å². The quantitative estimate of drug-likeness (QED) is 0.0878. The molecule has 0 amide bonds. The number of methoxy groups -OCH3 is 1. The Morgan fingerprint density at radius 3 is 1.42 bits per heavy atom. The van der Waals surface area contributed by atoms with Gasteiger partial charge in [0.2, 0.25) is 0 Å². The number of hydrogen-bond donors (Lipinski definition) is 0. The van der Waals surface area contributed by atoms with Crippen LogP contribution in [-0.4, -0.2) is 48.6 Å². The molecule has 0 heterocycles. The minimum atomic E-state index is -10.7. The third-order valence-corrected chi connectivity index (χ3v) is 22.2. The topological polar surface area (TPSA) is 9.23 Å². The summed E-state index contributed by atoms with van der Waals surface area (Å²) in [5.74, 6) is 0.960. The van der Waals surface area contributed by atoms with E-state index in [4.69, 9.17) is 4.74 Å². The summed E-state index contributed by atoms with van der Waals surface area (Å²) >= 11 is -2.10. The molecule has 0 unspecified atom stereocenters. The average molecular weight is 614 g/mol. The van der Waals surface area contributed by atoms with Crippen molar-refractivity contribution >= 4 is 26.2 Å². The molecule has 0 aliphatic carbocycles. The van der Waals surface area contributed by atoms with Crippen LogP contribution in [0.1, 0.15) is 64.9 Å². The molecule has 33 heavy (non-hydrogen) atoms. The molecule has 0 bridgehead atoms. The molecule has 0 aromatic heterocycles. The fourth-order valence-corrected chi connectivity index (χ4v) is 22.9. The number of ether oxygens (including phenoxy) is 1. The molecular formula is C23H44F6NOPSn. The van der Waals surface area contributed by atoms with Gasteiger partial charge in [0, 0.05) is 0 Å². The first kappa shape index (κ1) is 32.8. The van der Waals surface area contributed by atoms with E-state index in [1.165, 1.54) is 53.1 Å². The van der Waals surface area contributed by atoms with Crippen molar-refractivity contribution in [1.82, 2.24) is 0 Å². The van der Waals surface area contributed by atoms with Gasteiger partial charge < -0.3 is 0 Å². The molecule has 0 saturated carbocycles. The van der Waals surface area contributed by atoms with Crippen molar-refractivity contribution < 1.29 is 34.4 Å². The predicted octanol–water partition coefficient (Wildman–Crippen LogP) is 10.0. The van der Waals surface area contributed by atoms with Crippen LogP contribution in [0.15, 0.2) is 24.3 Å². The molecule has 0 atom stereocenters. The van der Waals surface area contributed by atoms with Gasteiger partial charge in [-0.05, 0) is 0 Å². The molecule has 1 rings (SSSR count). The van der Waals surface area contributed by atoms with Crippen molar-refractivity contribution in [3.05, 3.63) is 29.8 Å². The Bertz CT molecular complexity index is 647. The Morgan fingerprint density at radius 2 is 1.12 bits per heavy atom. The Morgan fingerprint density at radius 1 is 0.758 bits per heavy atom. The Labute approximate surface area is 200 Å². The van der Waals surface area contributed by atoms with Crippen LogP contribution in [0.2, 0.25) is 13.3 Å². The number of hydrogen-bond acceptors (Lipinski definition) is 1. The van der Waals surface area contributed by atoms with Crippen molar-refractivity contribution in [3.63, 3.8) is 0 Å². The molecule has 1 aromatic rings. The first-order chi connectivity index (χ1) is 14.8. The van der Waals surface area contributed by atoms with Crippen LogP contribution in [-0.2, 0) is 6.54 Å². The van der Waals surface area contributed by atoms with Gasteiger partial charge in [-0.2, -0.15) is 0 Å². The number of halogens is 6. The van der Waals surface area contributed by atoms with Gasteiger partial charge in [-0.25, -0.2) is 0 Å². The van der Waals surface area contributed by atoms with E-state index in [9.17, 15) is 25.2 Å². The molecule has 198 valence electrons. The zero-order chi connectivity index (χ0) is 25.9. The molecule has 0 N–H and O–H groups in total. The molecule has 0 saturated heterocycles. The number of quaternary nitrogens is 1. The van der Waals surface area contributed by atoms with E-state index < -0.39 is 26.2 Å². The maximum atomic E-state index is 9.87. The first-order valence-electron chi connectivity index (χ1n) is 11.9. The number of unbranched alkanes of at least 4 members (excludes halogenated alkanes) is 3. The van der Waals surface area contributed by atoms with Gasteiger partial charge in [-0.15, -0.1) is 0 Å². The van der Waals surface area contributed by atoms with Gasteiger partial charge in [-0.1, -0.05) is 0 Å². The molecule has 0 aliphatic heterocycles. The van der Waals surface area contributed by atoms with Gasteiger partial charge in [0.15, 0.2) is 0 Å². The van der Waals surface area contributed by atoms with E-state index in [1.807, 2.05) is 0 Å². The van der Waals surface area contributed by atoms with E-state index in [-0.39, 0.29) is 0 Å². The van der Waals surface area contributed by atoms with Crippen molar-refractivity contribution in [1.29, 1.82) is 0 Å². The van der Waals surface area contributed by atoms with Gasteiger partial charge in [0.05, 0.1) is 0 Å². The van der Waals surface area contributed by atoms with E-state index in [2.05, 4.69) is 59.1 Å². The standard InChI is InChI=1S/C11H17NO.3C4H9.F6P.Sn/c1-12(2,3)9-10-5-7-11(13-4)8-6-10;3*1-3-4-2;1-7(2,3,4,5)6;/h5-8H,1,9H2,2-4H3;3*1,3-4H2,2H3;;/q+1;;;;-1;. The number of benzene rings is 1. The second-order valence-corrected chi connectivity index (χ2v) is 25.5. The SMILES string of the molecule is CCC[CH2][Sn]([CH2]CCC)([CH2]CCC)[CH2][N+](C)(C)Cc1ccc(OC)cc1.F[P-](F)(F)(F)(F)F. The maximum absolute atomic E-state index is 10.7. The Balaban J connectivity index is 0.00000126. The summed E-state index contributed by atoms with van der Waals surface area (Å²) in [5, 5.41) is 0. The fourth-order valence-electron chi connectivity index (χ4n) is 4.46. The van der Waals surface area contributed by atoms with Crippen molar-refractivity contribution in [3.8, 4) is 5.75 Å². The fraction of sp³-hybridized carbons (Fsp3) is 0.739. The zero-order valence-electron chi connectivity index (χ0n) is 21.2. The molecule has 10 heteroatoms. The van der Waals surface area contributed by atoms with Crippen LogP contribution in [0, 0.1) is 0 Å². The van der Waals surface area contributed by atoms with Crippen LogP contribution >= 0.6 is 7.81 Å². The second kappa shape index (κ2) is 12.7. The van der Waals surface area contributed by atoms with E-state index in [0.717, 1.165) is 12.3 Å². The molecule has 1 aromatic carbocycles. The summed E-state index contributed by atoms with van der Waals surface area (Å²) in [6.07, 6.45) is 8.48. The summed E-state index contributed by atoms with van der Waals surface area (Å²) in [6, 6.07) is 8.72. The minimum absolute atomic E-state index is 0.960. The van der Waals surface area contributed by atoms with Crippen LogP contribution < -0.4 is 4.74 Å². The average Bonchev–Trinajstić information content (AvgIpc) is 2.66. The Hall–Kier alpha value is -0.211. The van der Waals surface area contributed by atoms with Crippen molar-refractivity contribution in [2.45, 2.75) is 79.2 Å². The number of nitrogens with zero attached hydrogens (tertiary/aromatic N) is 1. The van der Waals surface area contributed by atoms with Crippen LogP contribution in [0.5, 0.6) is 5.75 Å². The third kappa shape index (κ3) is 19.8. The monoisotopic (exact) mass is 615 g/mol. The second-order valence-electron chi connectivity index (χ2n) is 9.87. The molecule has 0 spiro atoms. The Kier molecular flexibility index (Phi) is 12.6. The number of rotatable bonds is 14. The summed E-state index contributed by atoms with van der Waals surface area (Å²) in [5.41, 5.74) is 1.44. The molecule has 2 nitrogen and oxygen atoms in total. The van der Waals surface area contributed by atoms with E-state index >= 15 is 0 Å². The third-order valence-electron chi connectivity index (χ3n) is 5.72. The first-order valence-corrected chi connectivity index (χ1v) is 22.0. The van der Waals surface area contributed by atoms with Gasteiger partial charge >= 0.3 is 201 Å². The van der Waals surface area contributed by atoms with Crippen molar-refractivity contribution in [2.75, 3.05) is 25.8 Å². The van der Waals surface area contributed by atoms with Crippen molar-refractivity contribution in [2.24, 2.45) is 0 Å². The van der Waals surface area contributed by atoms with Crippen LogP contribution in [0.25, 0.3) is 0 Å². The zero-order valence-corrected chi connectivity index (χ0v) is 24.9. The molecular weight excluding hydrogens is 570 g/mol. The van der Waals surface area contributed by atoms with Gasteiger partial charge in [0.1, 0.15) is 0 Å². The molecule has 0 fully saturated rings. The van der Waals surface area contributed by atoms with E-state index in [1.54, 1.807) is 20.4 Å². The van der Waals surface area contributed by atoms with Crippen LogP contribution in [0.4, 0.5) is 25.2 Å². The van der Waals surface area contributed by atoms with Crippen LogP contribution in [0.3, 0.4) is 0 Å². The normalized spacial score (nSPS) is 14.7. The summed E-state index contributed by atoms with van der Waals surface area (Å²) in [6.45, 7) is 8.25. The summed E-state index contributed by atoms with van der Waals surface area (Å²) < 4.78 is 72.0. The summed E-state index contributed by atoms with van der Waals surface area (Å²) in [4.78, 5) is 0. The van der Waals surface area contributed by atoms with E-state index in [0.29, 0.717) is 0 Å². The van der Waals surface area contributed by atoms with Gasteiger partial charge in [-0.3, -0.25) is 0 Å².